The normalized spacial score (nSPS) is 10.7. The first kappa shape index (κ1) is 35.5. The molecule has 0 unspecified atom stereocenters. The van der Waals surface area contributed by atoms with Crippen LogP contribution in [-0.4, -0.2) is 76.0 Å². The van der Waals surface area contributed by atoms with Gasteiger partial charge in [-0.1, -0.05) is 18.0 Å². The van der Waals surface area contributed by atoms with E-state index in [0.717, 1.165) is 19.3 Å². The first-order chi connectivity index (χ1) is 23.5. The van der Waals surface area contributed by atoms with Crippen molar-refractivity contribution in [2.45, 2.75) is 38.6 Å². The second kappa shape index (κ2) is 16.5. The first-order valence-corrected chi connectivity index (χ1v) is 15.3. The Bertz CT molecular complexity index is 1890. The monoisotopic (exact) mass is 675 g/mol. The Kier molecular flexibility index (Phi) is 11.9. The number of imidazole rings is 2. The molecule has 0 aromatic carbocycles. The number of aryl methyl sites for hydroxylation is 4. The van der Waals surface area contributed by atoms with Gasteiger partial charge in [0.05, 0.1) is 11.4 Å². The molecule has 258 valence electrons. The second-order valence-electron chi connectivity index (χ2n) is 11.1. The van der Waals surface area contributed by atoms with Gasteiger partial charge in [-0.05, 0) is 30.5 Å². The maximum absolute atomic E-state index is 13.0. The second-order valence-corrected chi connectivity index (χ2v) is 11.1. The van der Waals surface area contributed by atoms with Crippen LogP contribution in [0.4, 0.5) is 17.2 Å². The number of carbonyl (C=O) groups is 5. The molecule has 0 aliphatic heterocycles. The van der Waals surface area contributed by atoms with Gasteiger partial charge in [-0.3, -0.25) is 19.2 Å². The molecule has 5 N–H and O–H groups in total. The molecule has 4 amide bonds. The number of hydrogen-bond donors (Lipinski definition) is 5. The van der Waals surface area contributed by atoms with Gasteiger partial charge in [0.25, 0.3) is 17.7 Å². The van der Waals surface area contributed by atoms with Crippen molar-refractivity contribution < 1.29 is 29.1 Å². The highest BCUT2D eigenvalue weighted by atomic mass is 16.4. The molecule has 4 aromatic rings. The Morgan fingerprint density at radius 2 is 1.53 bits per heavy atom. The van der Waals surface area contributed by atoms with E-state index in [9.17, 15) is 29.1 Å². The zero-order chi connectivity index (χ0) is 35.5. The van der Waals surface area contributed by atoms with Crippen LogP contribution in [0.15, 0.2) is 48.2 Å². The number of aromatic nitrogens is 6. The Balaban J connectivity index is 1.25. The van der Waals surface area contributed by atoms with E-state index >= 15 is 0 Å². The van der Waals surface area contributed by atoms with Gasteiger partial charge >= 0.3 is 5.97 Å². The van der Waals surface area contributed by atoms with Crippen LogP contribution in [0.1, 0.15) is 74.3 Å². The number of nitrogens with zero attached hydrogens (tertiary/aromatic N) is 9. The Morgan fingerprint density at radius 1 is 0.837 bits per heavy atom. The number of aromatic carboxylic acids is 1. The molecule has 49 heavy (non-hydrogen) atoms. The van der Waals surface area contributed by atoms with Gasteiger partial charge in [-0.25, -0.2) is 14.8 Å². The van der Waals surface area contributed by atoms with Crippen LogP contribution in [0.5, 0.6) is 0 Å². The summed E-state index contributed by atoms with van der Waals surface area (Å²) in [6.07, 6.45) is 10.7. The molecule has 0 atom stereocenters. The highest BCUT2D eigenvalue weighted by Gasteiger charge is 2.20. The number of carboxylic acids is 1. The van der Waals surface area contributed by atoms with Crippen molar-refractivity contribution in [2.24, 2.45) is 26.3 Å². The zero-order valence-corrected chi connectivity index (χ0v) is 27.2. The van der Waals surface area contributed by atoms with Crippen molar-refractivity contribution in [3.63, 3.8) is 0 Å². The first-order valence-electron chi connectivity index (χ1n) is 15.3. The number of anilines is 3. The number of hydrogen-bond acceptors (Lipinski definition) is 8. The summed E-state index contributed by atoms with van der Waals surface area (Å²) >= 11 is 0. The van der Waals surface area contributed by atoms with Crippen LogP contribution in [0, 0.1) is 0 Å². The molecule has 4 rings (SSSR count). The molecule has 0 aliphatic rings. The van der Waals surface area contributed by atoms with E-state index in [1.807, 2.05) is 0 Å². The minimum absolute atomic E-state index is 0.00360. The summed E-state index contributed by atoms with van der Waals surface area (Å²) in [4.78, 5) is 73.4. The Hall–Kier alpha value is -6.36. The van der Waals surface area contributed by atoms with Gasteiger partial charge in [-0.2, -0.15) is 0 Å². The summed E-state index contributed by atoms with van der Waals surface area (Å²) in [6.45, 7) is 0.847. The van der Waals surface area contributed by atoms with Crippen LogP contribution in [0.3, 0.4) is 0 Å². The Labute approximate surface area is 279 Å². The SMILES string of the molecule is Cn1cc(NC(=O)c2nccn2C)cc1C(=O)NCCC(=O)Nc1cn(C)c(C(=O)Nc2cc(C(=O)O)n(CCCCCCN=[N+]=[N-])c2)n1. The summed E-state index contributed by atoms with van der Waals surface area (Å²) < 4.78 is 6.07. The number of nitrogens with one attached hydrogen (secondary N) is 4. The van der Waals surface area contributed by atoms with E-state index in [4.69, 9.17) is 5.53 Å². The molecular weight excluding hydrogens is 638 g/mol. The van der Waals surface area contributed by atoms with Gasteiger partial charge < -0.3 is 44.6 Å². The summed E-state index contributed by atoms with van der Waals surface area (Å²) in [6, 6.07) is 2.86. The van der Waals surface area contributed by atoms with Crippen molar-refractivity contribution in [3.8, 4) is 0 Å². The molecule has 0 saturated heterocycles. The zero-order valence-electron chi connectivity index (χ0n) is 27.2. The minimum Gasteiger partial charge on any atom is -0.477 e. The third-order valence-corrected chi connectivity index (χ3v) is 7.35. The summed E-state index contributed by atoms with van der Waals surface area (Å²) in [5.74, 6) is -2.78. The number of rotatable bonds is 17. The van der Waals surface area contributed by atoms with Crippen LogP contribution in [0.25, 0.3) is 10.4 Å². The van der Waals surface area contributed by atoms with Gasteiger partial charge in [0.15, 0.2) is 11.6 Å². The highest BCUT2D eigenvalue weighted by Crippen LogP contribution is 2.18. The average Bonchev–Trinajstić information content (AvgIpc) is 3.83. The largest absolute Gasteiger partial charge is 0.477 e. The lowest BCUT2D eigenvalue weighted by molar-refractivity contribution is -0.116. The maximum Gasteiger partial charge on any atom is 0.352 e. The summed E-state index contributed by atoms with van der Waals surface area (Å²) in [5, 5.41) is 23.7. The van der Waals surface area contributed by atoms with E-state index in [0.29, 0.717) is 25.2 Å². The van der Waals surface area contributed by atoms with Crippen molar-refractivity contribution in [3.05, 3.63) is 76.6 Å². The molecule has 19 heteroatoms. The number of carboxylic acid groups (broad SMARTS) is 1. The van der Waals surface area contributed by atoms with Gasteiger partial charge in [0.2, 0.25) is 11.7 Å². The fraction of sp³-hybridized carbons (Fsp3) is 0.367. The topological polar surface area (TPSA) is 248 Å². The molecule has 0 spiro atoms. The highest BCUT2D eigenvalue weighted by molar-refractivity contribution is 6.04. The molecule has 0 radical (unpaired) electrons. The van der Waals surface area contributed by atoms with Crippen LogP contribution < -0.4 is 21.3 Å². The predicted molar refractivity (Wildman–Crippen MR) is 177 cm³/mol. The van der Waals surface area contributed by atoms with Crippen molar-refractivity contribution >= 4 is 46.8 Å². The summed E-state index contributed by atoms with van der Waals surface area (Å²) in [5.41, 5.74) is 9.29. The van der Waals surface area contributed by atoms with Crippen LogP contribution in [0.2, 0.25) is 0 Å². The fourth-order valence-electron chi connectivity index (χ4n) is 4.95. The number of unbranched alkanes of at least 4 members (excludes halogenated alkanes) is 3. The van der Waals surface area contributed by atoms with E-state index in [2.05, 4.69) is 41.3 Å². The van der Waals surface area contributed by atoms with Crippen LogP contribution in [-0.2, 0) is 32.5 Å². The lowest BCUT2D eigenvalue weighted by Crippen LogP contribution is -2.29. The molecule has 0 bridgehead atoms. The average molecular weight is 676 g/mol. The van der Waals surface area contributed by atoms with Crippen LogP contribution >= 0.6 is 0 Å². The quantitative estimate of drug-likeness (QED) is 0.0480. The minimum atomic E-state index is -1.14. The van der Waals surface area contributed by atoms with Crippen molar-refractivity contribution in [1.29, 1.82) is 0 Å². The third kappa shape index (κ3) is 9.58. The molecular formula is C30H37N13O6. The van der Waals surface area contributed by atoms with E-state index in [-0.39, 0.29) is 47.5 Å². The molecule has 0 saturated carbocycles. The maximum atomic E-state index is 13.0. The smallest absolute Gasteiger partial charge is 0.352 e. The molecule has 4 heterocycles. The number of carbonyl (C=O) groups excluding carboxylic acids is 4. The lowest BCUT2D eigenvalue weighted by atomic mass is 10.2. The van der Waals surface area contributed by atoms with E-state index < -0.39 is 29.6 Å². The molecule has 4 aromatic heterocycles. The number of amides is 4. The van der Waals surface area contributed by atoms with E-state index in [1.54, 1.807) is 47.2 Å². The predicted octanol–water partition coefficient (Wildman–Crippen LogP) is 3.13. The number of azide groups is 1. The fourth-order valence-corrected chi connectivity index (χ4v) is 4.95. The molecule has 0 fully saturated rings. The summed E-state index contributed by atoms with van der Waals surface area (Å²) in [7, 11) is 4.91. The molecule has 0 aliphatic carbocycles. The van der Waals surface area contributed by atoms with Crippen molar-refractivity contribution in [2.75, 3.05) is 29.0 Å². The van der Waals surface area contributed by atoms with Gasteiger partial charge in [0.1, 0.15) is 11.4 Å². The van der Waals surface area contributed by atoms with Gasteiger partial charge in [0, 0.05) is 83.1 Å². The lowest BCUT2D eigenvalue weighted by Gasteiger charge is -2.06. The van der Waals surface area contributed by atoms with Crippen molar-refractivity contribution in [1.82, 2.24) is 33.6 Å². The third-order valence-electron chi connectivity index (χ3n) is 7.35. The molecule has 19 nitrogen and oxygen atoms in total. The standard InChI is InChI=1S/C30H37N13O6/c1-40-13-11-32-25(40)28(46)35-19-14-21(41(2)16-19)27(45)33-10-8-24(44)37-23-18-42(3)26(38-23)29(47)36-20-15-22(30(48)49)43(17-20)12-7-5-4-6-9-34-39-31/h11,13-18H,4-10,12H2,1-3H3,(H,33,45)(H,35,46)(H,36,47)(H,37,44)(H,48,49). The van der Waals surface area contributed by atoms with Gasteiger partial charge in [-0.15, -0.1) is 0 Å². The van der Waals surface area contributed by atoms with E-state index in [1.165, 1.54) is 35.3 Å². The Morgan fingerprint density at radius 3 is 2.22 bits per heavy atom.